The van der Waals surface area contributed by atoms with Crippen LogP contribution < -0.4 is 10.1 Å². The zero-order valence-corrected chi connectivity index (χ0v) is 24.9. The zero-order chi connectivity index (χ0) is 29.2. The van der Waals surface area contributed by atoms with Gasteiger partial charge in [-0.1, -0.05) is 52.0 Å². The van der Waals surface area contributed by atoms with Crippen molar-refractivity contribution in [2.75, 3.05) is 14.1 Å². The average Bonchev–Trinajstić information content (AvgIpc) is 2.90. The van der Waals surface area contributed by atoms with Crippen molar-refractivity contribution in [3.05, 3.63) is 65.2 Å². The molecule has 11 heteroatoms. The van der Waals surface area contributed by atoms with Crippen LogP contribution in [0.15, 0.2) is 53.6 Å². The Morgan fingerprint density at radius 3 is 2.25 bits per heavy atom. The van der Waals surface area contributed by atoms with E-state index in [1.165, 1.54) is 4.90 Å². The van der Waals surface area contributed by atoms with Crippen LogP contribution in [0.25, 0.3) is 11.3 Å². The van der Waals surface area contributed by atoms with Crippen LogP contribution in [-0.2, 0) is 4.79 Å². The molecule has 0 saturated heterocycles. The summed E-state index contributed by atoms with van der Waals surface area (Å²) in [4.78, 5) is 36.9. The minimum atomic E-state index is -1.02. The number of amidine groups is 1. The van der Waals surface area contributed by atoms with E-state index in [0.717, 1.165) is 39.0 Å². The van der Waals surface area contributed by atoms with Crippen molar-refractivity contribution in [3.63, 3.8) is 0 Å². The van der Waals surface area contributed by atoms with Crippen molar-refractivity contribution in [1.82, 2.24) is 20.2 Å². The first kappa shape index (κ1) is 29.3. The van der Waals surface area contributed by atoms with Crippen LogP contribution in [-0.4, -0.2) is 56.7 Å². The molecule has 208 valence electrons. The molecular weight excluding hydrogens is 544 g/mol. The molecule has 2 aromatic heterocycles. The number of carbonyl (C=O) groups excluding carboxylic acids is 2. The summed E-state index contributed by atoms with van der Waals surface area (Å²) in [5.74, 6) is -0.156. The highest BCUT2D eigenvalue weighted by Gasteiger charge is 2.45. The van der Waals surface area contributed by atoms with Crippen molar-refractivity contribution in [1.29, 1.82) is 10.8 Å². The lowest BCUT2D eigenvalue weighted by atomic mass is 9.70. The molecule has 0 radical (unpaired) electrons. The smallest absolute Gasteiger partial charge is 0.253 e. The number of hydrogen-bond acceptors (Lipinski definition) is 9. The Hall–Kier alpha value is -3.70. The monoisotopic (exact) mass is 576 g/mol. The molecule has 1 atom stereocenters. The number of aromatic nitrogens is 2. The number of nitrogens with one attached hydrogen (secondary N) is 3. The van der Waals surface area contributed by atoms with Gasteiger partial charge in [0.25, 0.3) is 5.91 Å². The van der Waals surface area contributed by atoms with Gasteiger partial charge in [0.05, 0.1) is 16.7 Å². The average molecular weight is 577 g/mol. The molecule has 0 saturated carbocycles. The Morgan fingerprint density at radius 1 is 1.02 bits per heavy atom. The summed E-state index contributed by atoms with van der Waals surface area (Å²) in [5, 5.41) is 18.8. The lowest BCUT2D eigenvalue weighted by Gasteiger charge is -2.37. The lowest BCUT2D eigenvalue weighted by molar-refractivity contribution is -0.128. The van der Waals surface area contributed by atoms with Crippen LogP contribution >= 0.6 is 23.5 Å². The van der Waals surface area contributed by atoms with Gasteiger partial charge in [-0.2, -0.15) is 0 Å². The molecule has 1 aliphatic rings. The third-order valence-corrected chi connectivity index (χ3v) is 7.87. The molecule has 1 unspecified atom stereocenters. The second-order valence-corrected chi connectivity index (χ2v) is 12.8. The van der Waals surface area contributed by atoms with Crippen molar-refractivity contribution in [3.8, 4) is 23.0 Å². The third kappa shape index (κ3) is 6.05. The van der Waals surface area contributed by atoms with Gasteiger partial charge in [0.1, 0.15) is 5.03 Å². The minimum absolute atomic E-state index is 0.0820. The quantitative estimate of drug-likeness (QED) is 0.178. The van der Waals surface area contributed by atoms with Gasteiger partial charge < -0.3 is 20.4 Å². The number of carbonyl (C=O) groups is 2. The van der Waals surface area contributed by atoms with E-state index < -0.39 is 11.3 Å². The van der Waals surface area contributed by atoms with Crippen molar-refractivity contribution in [2.24, 2.45) is 5.41 Å². The van der Waals surface area contributed by atoms with E-state index in [1.807, 2.05) is 50.2 Å². The predicted molar refractivity (Wildman–Crippen MR) is 161 cm³/mol. The van der Waals surface area contributed by atoms with Crippen LogP contribution in [0.1, 0.15) is 55.1 Å². The van der Waals surface area contributed by atoms with E-state index in [1.54, 1.807) is 38.0 Å². The minimum Gasteiger partial charge on any atom is -0.420 e. The number of nitrogens with zero attached hydrogens (tertiary/aromatic N) is 3. The van der Waals surface area contributed by atoms with Crippen LogP contribution in [0, 0.1) is 16.2 Å². The Balaban J connectivity index is 1.78. The number of ether oxygens (including phenoxy) is 1. The van der Waals surface area contributed by atoms with Crippen LogP contribution in [0.4, 0.5) is 0 Å². The van der Waals surface area contributed by atoms with E-state index in [9.17, 15) is 9.59 Å². The molecule has 2 amide bonds. The largest absolute Gasteiger partial charge is 0.420 e. The SMILES string of the molecule is CC(C)Sc1ccc2c(n1)Oc1nc(-c3ccc(C(=O)N(C)C)cc3)ccc1C2C(C)(C)C(=O)NC(=N)SC=N. The molecule has 0 bridgehead atoms. The fourth-order valence-electron chi connectivity index (χ4n) is 4.52. The number of amides is 2. The van der Waals surface area contributed by atoms with Crippen LogP contribution in [0.3, 0.4) is 0 Å². The van der Waals surface area contributed by atoms with Crippen molar-refractivity contribution < 1.29 is 14.3 Å². The highest BCUT2D eigenvalue weighted by atomic mass is 32.2. The first-order valence-electron chi connectivity index (χ1n) is 12.7. The van der Waals surface area contributed by atoms with Crippen molar-refractivity contribution >= 4 is 46.1 Å². The summed E-state index contributed by atoms with van der Waals surface area (Å²) >= 11 is 2.44. The highest BCUT2D eigenvalue weighted by Crippen LogP contribution is 2.51. The summed E-state index contributed by atoms with van der Waals surface area (Å²) < 4.78 is 6.28. The van der Waals surface area contributed by atoms with Gasteiger partial charge in [-0.3, -0.25) is 15.0 Å². The molecule has 3 N–H and O–H groups in total. The molecule has 4 rings (SSSR count). The first-order chi connectivity index (χ1) is 18.9. The van der Waals surface area contributed by atoms with Gasteiger partial charge in [-0.15, -0.1) is 11.8 Å². The standard InChI is InChI=1S/C29H32N6O3S2/c1-16(2)40-22-14-12-20-23(29(3,4)27(37)34-28(31)39-15-30)19-11-13-21(32-24(19)38-25(20)33-22)17-7-9-18(10-8-17)26(36)35(5)6/h7-16,23,30H,1-6H3,(H2,31,34,37). The van der Waals surface area contributed by atoms with Gasteiger partial charge >= 0.3 is 0 Å². The Kier molecular flexibility index (Phi) is 8.65. The Bertz CT molecular complexity index is 1470. The maximum absolute atomic E-state index is 13.4. The zero-order valence-electron chi connectivity index (χ0n) is 23.2. The van der Waals surface area contributed by atoms with Gasteiger partial charge in [0.2, 0.25) is 17.7 Å². The third-order valence-electron chi connectivity index (χ3n) is 6.47. The second kappa shape index (κ2) is 11.8. The van der Waals surface area contributed by atoms with Gasteiger partial charge in [0, 0.05) is 47.5 Å². The number of pyridine rings is 2. The molecule has 3 heterocycles. The molecule has 0 aliphatic carbocycles. The fraction of sp³-hybridized carbons (Fsp3) is 0.310. The number of thioether (sulfide) groups is 2. The lowest BCUT2D eigenvalue weighted by Crippen LogP contribution is -2.43. The summed E-state index contributed by atoms with van der Waals surface area (Å²) in [7, 11) is 3.42. The highest BCUT2D eigenvalue weighted by molar-refractivity contribution is 8.24. The van der Waals surface area contributed by atoms with E-state index in [0.29, 0.717) is 28.3 Å². The molecule has 9 nitrogen and oxygen atoms in total. The molecule has 0 fully saturated rings. The molecule has 40 heavy (non-hydrogen) atoms. The molecule has 0 spiro atoms. The van der Waals surface area contributed by atoms with Gasteiger partial charge in [-0.25, -0.2) is 9.97 Å². The summed E-state index contributed by atoms with van der Waals surface area (Å²) in [6.45, 7) is 7.81. The van der Waals surface area contributed by atoms with Crippen LogP contribution in [0.5, 0.6) is 11.8 Å². The molecule has 1 aromatic carbocycles. The van der Waals surface area contributed by atoms with Crippen LogP contribution in [0.2, 0.25) is 0 Å². The second-order valence-electron chi connectivity index (χ2n) is 10.4. The van der Waals surface area contributed by atoms with Gasteiger partial charge in [-0.05, 0) is 36.0 Å². The molecule has 1 aliphatic heterocycles. The van der Waals surface area contributed by atoms with Gasteiger partial charge in [0.15, 0.2) is 5.17 Å². The van der Waals surface area contributed by atoms with E-state index in [4.69, 9.17) is 25.5 Å². The van der Waals surface area contributed by atoms with Crippen molar-refractivity contribution in [2.45, 2.75) is 43.9 Å². The van der Waals surface area contributed by atoms with E-state index in [-0.39, 0.29) is 17.0 Å². The summed E-state index contributed by atoms with van der Waals surface area (Å²) in [5.41, 5.74) is 3.52. The Labute approximate surface area is 242 Å². The molecular formula is C29H32N6O3S2. The molecule has 3 aromatic rings. The normalized spacial score (nSPS) is 14.0. The predicted octanol–water partition coefficient (Wildman–Crippen LogP) is 6.00. The maximum Gasteiger partial charge on any atom is 0.253 e. The fourth-order valence-corrected chi connectivity index (χ4v) is 5.55. The van der Waals surface area contributed by atoms with E-state index >= 15 is 0 Å². The summed E-state index contributed by atoms with van der Waals surface area (Å²) in [6.07, 6.45) is 0. The number of hydrogen-bond donors (Lipinski definition) is 3. The number of fused-ring (bicyclic) bond motifs is 2. The first-order valence-corrected chi connectivity index (χ1v) is 14.4. The Morgan fingerprint density at radius 2 is 1.65 bits per heavy atom. The van der Waals surface area contributed by atoms with E-state index in [2.05, 4.69) is 19.2 Å². The number of rotatable bonds is 7. The topological polar surface area (TPSA) is 132 Å². The maximum atomic E-state index is 13.4. The number of benzene rings is 1. The summed E-state index contributed by atoms with van der Waals surface area (Å²) in [6, 6.07) is 14.9.